The normalized spacial score (nSPS) is 14.9. The second-order valence-electron chi connectivity index (χ2n) is 9.89. The molecule has 6 rings (SSSR count). The topological polar surface area (TPSA) is 126 Å². The summed E-state index contributed by atoms with van der Waals surface area (Å²) in [6, 6.07) is 18.6. The Morgan fingerprint density at radius 2 is 1.90 bits per heavy atom. The highest BCUT2D eigenvalue weighted by molar-refractivity contribution is 6.61. The molecule has 0 radical (unpaired) electrons. The number of pyridine rings is 2. The number of aromatic nitrogens is 2. The van der Waals surface area contributed by atoms with E-state index in [1.807, 2.05) is 48.5 Å². The SMILES string of the molecule is COC(=O)N1CC2(C1)C(=O)N(Cc1ncc3ccc(COC(=O)Cl)cc3c1-c1ccc(C#N)nc1)c1ccccc12. The van der Waals surface area contributed by atoms with Crippen molar-refractivity contribution in [1.82, 2.24) is 14.9 Å². The van der Waals surface area contributed by atoms with Gasteiger partial charge in [-0.05, 0) is 40.8 Å². The minimum Gasteiger partial charge on any atom is -0.453 e. The summed E-state index contributed by atoms with van der Waals surface area (Å²) in [5.41, 5.74) is 2.89. The van der Waals surface area contributed by atoms with Crippen molar-refractivity contribution in [3.8, 4) is 17.2 Å². The zero-order valence-electron chi connectivity index (χ0n) is 21.8. The Balaban J connectivity index is 1.45. The number of halogens is 1. The molecule has 2 aromatic carbocycles. The monoisotopic (exact) mass is 567 g/mol. The zero-order valence-corrected chi connectivity index (χ0v) is 22.6. The van der Waals surface area contributed by atoms with Gasteiger partial charge in [-0.2, -0.15) is 5.26 Å². The third-order valence-corrected chi connectivity index (χ3v) is 7.69. The van der Waals surface area contributed by atoms with Crippen LogP contribution in [0.3, 0.4) is 0 Å². The van der Waals surface area contributed by atoms with Gasteiger partial charge in [0.25, 0.3) is 0 Å². The van der Waals surface area contributed by atoms with Crippen LogP contribution in [0, 0.1) is 11.3 Å². The van der Waals surface area contributed by atoms with Crippen LogP contribution >= 0.6 is 11.6 Å². The summed E-state index contributed by atoms with van der Waals surface area (Å²) in [6.07, 6.45) is 2.86. The molecule has 2 amide bonds. The number of ether oxygens (including phenoxy) is 2. The molecule has 11 heteroatoms. The molecule has 0 N–H and O–H groups in total. The highest BCUT2D eigenvalue weighted by atomic mass is 35.5. The van der Waals surface area contributed by atoms with E-state index in [9.17, 15) is 19.6 Å². The maximum Gasteiger partial charge on any atom is 0.409 e. The lowest BCUT2D eigenvalue weighted by atomic mass is 9.75. The average Bonchev–Trinajstić information content (AvgIpc) is 3.22. The predicted octanol–water partition coefficient (Wildman–Crippen LogP) is 4.91. The number of para-hydroxylation sites is 1. The average molecular weight is 568 g/mol. The molecule has 2 aliphatic heterocycles. The fraction of sp³-hybridized carbons (Fsp3) is 0.200. The molecule has 1 saturated heterocycles. The number of methoxy groups -OCH3 is 1. The Morgan fingerprint density at radius 1 is 1.10 bits per heavy atom. The summed E-state index contributed by atoms with van der Waals surface area (Å²) in [6.45, 7) is 0.596. The maximum absolute atomic E-state index is 14.0. The van der Waals surface area contributed by atoms with Gasteiger partial charge >= 0.3 is 11.5 Å². The first-order chi connectivity index (χ1) is 19.8. The predicted molar refractivity (Wildman–Crippen MR) is 149 cm³/mol. The van der Waals surface area contributed by atoms with Crippen LogP contribution in [0.15, 0.2) is 67.0 Å². The van der Waals surface area contributed by atoms with Crippen LogP contribution in [0.1, 0.15) is 22.5 Å². The van der Waals surface area contributed by atoms with Crippen LogP contribution in [0.5, 0.6) is 0 Å². The quantitative estimate of drug-likeness (QED) is 0.311. The van der Waals surface area contributed by atoms with E-state index in [1.54, 1.807) is 29.4 Å². The smallest absolute Gasteiger partial charge is 0.409 e. The van der Waals surface area contributed by atoms with Gasteiger partial charge in [0.05, 0.1) is 19.3 Å². The van der Waals surface area contributed by atoms with Crippen molar-refractivity contribution in [2.75, 3.05) is 25.1 Å². The van der Waals surface area contributed by atoms with Gasteiger partial charge in [-0.3, -0.25) is 9.78 Å². The molecule has 1 spiro atoms. The Kier molecular flexibility index (Phi) is 6.52. The van der Waals surface area contributed by atoms with E-state index in [2.05, 4.69) is 4.98 Å². The number of carbonyl (C=O) groups is 3. The van der Waals surface area contributed by atoms with Crippen molar-refractivity contribution in [3.05, 3.63) is 89.5 Å². The minimum absolute atomic E-state index is 0.0157. The molecule has 0 unspecified atom stereocenters. The summed E-state index contributed by atoms with van der Waals surface area (Å²) in [7, 11) is 1.32. The van der Waals surface area contributed by atoms with Crippen molar-refractivity contribution < 1.29 is 23.9 Å². The summed E-state index contributed by atoms with van der Waals surface area (Å²) in [4.78, 5) is 49.6. The van der Waals surface area contributed by atoms with Crippen molar-refractivity contribution in [2.45, 2.75) is 18.6 Å². The van der Waals surface area contributed by atoms with Crippen LogP contribution in [0.25, 0.3) is 21.9 Å². The van der Waals surface area contributed by atoms with E-state index in [4.69, 9.17) is 26.1 Å². The molecule has 4 aromatic rings. The van der Waals surface area contributed by atoms with Crippen LogP contribution in [0.2, 0.25) is 0 Å². The van der Waals surface area contributed by atoms with E-state index < -0.39 is 16.9 Å². The number of rotatable bonds is 5. The summed E-state index contributed by atoms with van der Waals surface area (Å²) in [5.74, 6) is -0.118. The minimum atomic E-state index is -0.904. The van der Waals surface area contributed by atoms with E-state index in [1.165, 1.54) is 12.0 Å². The standard InChI is InChI=1S/C30H22ClN5O5/c1-40-29(39)35-16-30(17-35)23-4-2-3-5-25(23)36(27(30)37)14-24-26(20-8-9-21(11-32)33-13-20)22-10-18(15-41-28(31)38)6-7-19(22)12-34-24/h2-10,12-13H,14-17H2,1H3. The van der Waals surface area contributed by atoms with E-state index >= 15 is 0 Å². The van der Waals surface area contributed by atoms with Crippen LogP contribution in [-0.4, -0.2) is 52.5 Å². The van der Waals surface area contributed by atoms with Gasteiger partial charge in [0.2, 0.25) is 5.91 Å². The zero-order chi connectivity index (χ0) is 28.7. The van der Waals surface area contributed by atoms with Crippen molar-refractivity contribution >= 4 is 45.5 Å². The highest BCUT2D eigenvalue weighted by Gasteiger charge is 2.59. The fourth-order valence-electron chi connectivity index (χ4n) is 5.65. The molecule has 204 valence electrons. The van der Waals surface area contributed by atoms with Gasteiger partial charge in [-0.1, -0.05) is 30.3 Å². The number of nitriles is 1. The second-order valence-corrected chi connectivity index (χ2v) is 10.2. The second kappa shape index (κ2) is 10.2. The first-order valence-electron chi connectivity index (χ1n) is 12.7. The lowest BCUT2D eigenvalue weighted by Crippen LogP contribution is -2.65. The third kappa shape index (κ3) is 4.40. The summed E-state index contributed by atoms with van der Waals surface area (Å²) >= 11 is 5.38. The third-order valence-electron chi connectivity index (χ3n) is 7.58. The number of hydrogen-bond donors (Lipinski definition) is 0. The largest absolute Gasteiger partial charge is 0.453 e. The van der Waals surface area contributed by atoms with Gasteiger partial charge in [0.15, 0.2) is 0 Å². The maximum atomic E-state index is 14.0. The van der Waals surface area contributed by atoms with Gasteiger partial charge in [-0.15, -0.1) is 0 Å². The van der Waals surface area contributed by atoms with Crippen LogP contribution in [-0.2, 0) is 32.8 Å². The number of likely N-dealkylation sites (tertiary alicyclic amines) is 1. The first-order valence-corrected chi connectivity index (χ1v) is 13.1. The fourth-order valence-corrected chi connectivity index (χ4v) is 5.71. The molecule has 1 fully saturated rings. The highest BCUT2D eigenvalue weighted by Crippen LogP contribution is 2.48. The van der Waals surface area contributed by atoms with Gasteiger partial charge in [-0.25, -0.2) is 14.6 Å². The van der Waals surface area contributed by atoms with Crippen molar-refractivity contribution in [1.29, 1.82) is 5.26 Å². The van der Waals surface area contributed by atoms with Gasteiger partial charge in [0.1, 0.15) is 23.8 Å². The molecular formula is C30H22ClN5O5. The Morgan fingerprint density at radius 3 is 2.61 bits per heavy atom. The number of anilines is 1. The Bertz CT molecular complexity index is 1760. The van der Waals surface area contributed by atoms with Crippen LogP contribution in [0.4, 0.5) is 15.3 Å². The van der Waals surface area contributed by atoms with Gasteiger partial charge < -0.3 is 19.3 Å². The molecule has 10 nitrogen and oxygen atoms in total. The number of fused-ring (bicyclic) bond motifs is 3. The number of amides is 2. The van der Waals surface area contributed by atoms with Crippen molar-refractivity contribution in [2.24, 2.45) is 0 Å². The Hall–Kier alpha value is -5.01. The molecule has 0 aliphatic carbocycles. The molecule has 4 heterocycles. The molecule has 0 bridgehead atoms. The van der Waals surface area contributed by atoms with Crippen LogP contribution < -0.4 is 4.90 Å². The molecule has 0 saturated carbocycles. The molecular weight excluding hydrogens is 546 g/mol. The number of nitrogens with zero attached hydrogens (tertiary/aromatic N) is 5. The molecule has 2 aromatic heterocycles. The first kappa shape index (κ1) is 26.2. The van der Waals surface area contributed by atoms with E-state index in [-0.39, 0.29) is 37.8 Å². The van der Waals surface area contributed by atoms with E-state index in [0.717, 1.165) is 27.6 Å². The number of hydrogen-bond acceptors (Lipinski definition) is 8. The number of benzene rings is 2. The van der Waals surface area contributed by atoms with E-state index in [0.29, 0.717) is 16.8 Å². The molecule has 0 atom stereocenters. The Labute approximate surface area is 239 Å². The summed E-state index contributed by atoms with van der Waals surface area (Å²) < 4.78 is 9.85. The molecule has 2 aliphatic rings. The summed E-state index contributed by atoms with van der Waals surface area (Å²) in [5, 5.41) is 10.9. The molecule has 41 heavy (non-hydrogen) atoms. The number of carbonyl (C=O) groups excluding carboxylic acids is 3. The lowest BCUT2D eigenvalue weighted by Gasteiger charge is -2.45. The van der Waals surface area contributed by atoms with Crippen molar-refractivity contribution in [3.63, 3.8) is 0 Å². The lowest BCUT2D eigenvalue weighted by molar-refractivity contribution is -0.128. The van der Waals surface area contributed by atoms with Gasteiger partial charge in [0, 0.05) is 59.3 Å².